The predicted octanol–water partition coefficient (Wildman–Crippen LogP) is 3.34. The number of amides is 1. The Kier molecular flexibility index (Phi) is 5.18. The number of hydrogen-bond donors (Lipinski definition) is 0. The highest BCUT2D eigenvalue weighted by Gasteiger charge is 2.36. The van der Waals surface area contributed by atoms with Crippen molar-refractivity contribution in [3.05, 3.63) is 69.2 Å². The smallest absolute Gasteiger partial charge is 0.311 e. The van der Waals surface area contributed by atoms with E-state index >= 15 is 0 Å². The maximum absolute atomic E-state index is 12.2. The zero-order chi connectivity index (χ0) is 18.7. The van der Waals surface area contributed by atoms with Crippen molar-refractivity contribution in [2.45, 2.75) is 13.0 Å². The average Bonchev–Trinajstić information content (AvgIpc) is 3.02. The van der Waals surface area contributed by atoms with Gasteiger partial charge >= 0.3 is 5.97 Å². The number of ether oxygens (including phenoxy) is 1. The van der Waals surface area contributed by atoms with E-state index in [4.69, 9.17) is 16.3 Å². The second-order valence-corrected chi connectivity index (χ2v) is 6.35. The minimum atomic E-state index is -0.556. The van der Waals surface area contributed by atoms with E-state index < -0.39 is 16.8 Å². The molecule has 1 unspecified atom stereocenters. The molecule has 1 saturated heterocycles. The summed E-state index contributed by atoms with van der Waals surface area (Å²) in [5.41, 5.74) is 1.26. The molecule has 1 atom stereocenters. The van der Waals surface area contributed by atoms with Gasteiger partial charge in [-0.05, 0) is 35.9 Å². The van der Waals surface area contributed by atoms with E-state index in [1.807, 2.05) is 0 Å². The lowest BCUT2D eigenvalue weighted by molar-refractivity contribution is -0.384. The highest BCUT2D eigenvalue weighted by molar-refractivity contribution is 6.30. The second kappa shape index (κ2) is 7.53. The van der Waals surface area contributed by atoms with Crippen molar-refractivity contribution in [1.82, 2.24) is 0 Å². The number of nitrogens with zero attached hydrogens (tertiary/aromatic N) is 2. The van der Waals surface area contributed by atoms with Gasteiger partial charge in [-0.1, -0.05) is 17.7 Å². The lowest BCUT2D eigenvalue weighted by Crippen LogP contribution is -2.26. The van der Waals surface area contributed by atoms with Gasteiger partial charge in [0.15, 0.2) is 0 Å². The van der Waals surface area contributed by atoms with Crippen LogP contribution in [-0.2, 0) is 20.9 Å². The van der Waals surface area contributed by atoms with Crippen LogP contribution in [0.5, 0.6) is 0 Å². The topological polar surface area (TPSA) is 89.7 Å². The van der Waals surface area contributed by atoms with E-state index in [0.29, 0.717) is 16.3 Å². The minimum Gasteiger partial charge on any atom is -0.461 e. The Balaban J connectivity index is 1.58. The summed E-state index contributed by atoms with van der Waals surface area (Å²) >= 11 is 5.95. The Bertz CT molecular complexity index is 853. The van der Waals surface area contributed by atoms with Gasteiger partial charge in [0.05, 0.1) is 10.8 Å². The summed E-state index contributed by atoms with van der Waals surface area (Å²) in [6.45, 7) is 0.233. The summed E-state index contributed by atoms with van der Waals surface area (Å²) in [6.07, 6.45) is 0.0750. The van der Waals surface area contributed by atoms with Gasteiger partial charge < -0.3 is 9.64 Å². The molecular formula is C18H15ClN2O5. The first kappa shape index (κ1) is 17.9. The average molecular weight is 375 g/mol. The van der Waals surface area contributed by atoms with E-state index in [9.17, 15) is 19.7 Å². The number of anilines is 1. The number of nitro groups is 1. The van der Waals surface area contributed by atoms with Gasteiger partial charge in [0.25, 0.3) is 5.69 Å². The van der Waals surface area contributed by atoms with E-state index in [0.717, 1.165) is 0 Å². The van der Waals surface area contributed by atoms with Gasteiger partial charge in [0, 0.05) is 35.8 Å². The van der Waals surface area contributed by atoms with Crippen LogP contribution in [0.1, 0.15) is 12.0 Å². The molecule has 2 aromatic rings. The molecule has 134 valence electrons. The van der Waals surface area contributed by atoms with Crippen LogP contribution in [0.3, 0.4) is 0 Å². The van der Waals surface area contributed by atoms with Crippen LogP contribution in [0.4, 0.5) is 11.4 Å². The molecule has 3 rings (SSSR count). The molecular weight excluding hydrogens is 360 g/mol. The number of benzene rings is 2. The molecule has 1 heterocycles. The SMILES string of the molecule is O=C(OCc1ccc([N+](=O)[O-])cc1)C1CC(=O)N(c2cccc(Cl)c2)C1. The molecule has 1 aliphatic heterocycles. The fourth-order valence-electron chi connectivity index (χ4n) is 2.75. The van der Waals surface area contributed by atoms with Crippen LogP contribution in [0.25, 0.3) is 0 Å². The molecule has 0 saturated carbocycles. The van der Waals surface area contributed by atoms with Gasteiger partial charge in [-0.3, -0.25) is 19.7 Å². The first-order chi connectivity index (χ1) is 12.4. The van der Waals surface area contributed by atoms with E-state index in [1.165, 1.54) is 29.2 Å². The van der Waals surface area contributed by atoms with Crippen molar-refractivity contribution in [2.24, 2.45) is 5.92 Å². The van der Waals surface area contributed by atoms with Crippen LogP contribution in [0, 0.1) is 16.0 Å². The maximum Gasteiger partial charge on any atom is 0.311 e. The third kappa shape index (κ3) is 4.00. The summed E-state index contributed by atoms with van der Waals surface area (Å²) < 4.78 is 5.25. The molecule has 1 amide bonds. The third-order valence-corrected chi connectivity index (χ3v) is 4.34. The monoisotopic (exact) mass is 374 g/mol. The maximum atomic E-state index is 12.2. The first-order valence-corrected chi connectivity index (χ1v) is 8.28. The molecule has 7 nitrogen and oxygen atoms in total. The van der Waals surface area contributed by atoms with Crippen LogP contribution in [0.2, 0.25) is 5.02 Å². The van der Waals surface area contributed by atoms with Gasteiger partial charge in [0.1, 0.15) is 6.61 Å². The first-order valence-electron chi connectivity index (χ1n) is 7.90. The Labute approximate surface area is 154 Å². The molecule has 1 aliphatic rings. The highest BCUT2D eigenvalue weighted by atomic mass is 35.5. The molecule has 1 fully saturated rings. The Morgan fingerprint density at radius 3 is 2.65 bits per heavy atom. The number of rotatable bonds is 5. The third-order valence-electron chi connectivity index (χ3n) is 4.11. The Morgan fingerprint density at radius 2 is 2.00 bits per heavy atom. The summed E-state index contributed by atoms with van der Waals surface area (Å²) in [6, 6.07) is 12.6. The summed E-state index contributed by atoms with van der Waals surface area (Å²) in [7, 11) is 0. The van der Waals surface area contributed by atoms with E-state index in [1.54, 1.807) is 24.3 Å². The van der Waals surface area contributed by atoms with Crippen molar-refractivity contribution < 1.29 is 19.2 Å². The zero-order valence-electron chi connectivity index (χ0n) is 13.6. The van der Waals surface area contributed by atoms with Gasteiger partial charge in [-0.2, -0.15) is 0 Å². The summed E-state index contributed by atoms with van der Waals surface area (Å²) in [4.78, 5) is 36.1. The van der Waals surface area contributed by atoms with Crippen molar-refractivity contribution in [1.29, 1.82) is 0 Å². The van der Waals surface area contributed by atoms with Crippen molar-refractivity contribution in [3.8, 4) is 0 Å². The van der Waals surface area contributed by atoms with Crippen LogP contribution in [-0.4, -0.2) is 23.3 Å². The predicted molar refractivity (Wildman–Crippen MR) is 94.8 cm³/mol. The normalized spacial score (nSPS) is 16.6. The molecule has 0 aliphatic carbocycles. The molecule has 26 heavy (non-hydrogen) atoms. The highest BCUT2D eigenvalue weighted by Crippen LogP contribution is 2.28. The minimum absolute atomic E-state index is 0.00131. The van der Waals surface area contributed by atoms with Crippen molar-refractivity contribution >= 4 is 34.9 Å². The van der Waals surface area contributed by atoms with Crippen LogP contribution >= 0.6 is 11.6 Å². The quantitative estimate of drug-likeness (QED) is 0.455. The summed E-state index contributed by atoms with van der Waals surface area (Å²) in [5, 5.41) is 11.1. The molecule has 2 aromatic carbocycles. The van der Waals surface area contributed by atoms with Gasteiger partial charge in [0.2, 0.25) is 5.91 Å². The van der Waals surface area contributed by atoms with Crippen molar-refractivity contribution in [2.75, 3.05) is 11.4 Å². The second-order valence-electron chi connectivity index (χ2n) is 5.92. The number of nitro benzene ring substituents is 1. The zero-order valence-corrected chi connectivity index (χ0v) is 14.4. The number of esters is 1. The molecule has 0 spiro atoms. The fourth-order valence-corrected chi connectivity index (χ4v) is 2.93. The Hall–Kier alpha value is -2.93. The lowest BCUT2D eigenvalue weighted by atomic mass is 10.1. The van der Waals surface area contributed by atoms with Gasteiger partial charge in [-0.15, -0.1) is 0 Å². The number of halogens is 1. The largest absolute Gasteiger partial charge is 0.461 e. The molecule has 0 N–H and O–H groups in total. The van der Waals surface area contributed by atoms with Crippen molar-refractivity contribution in [3.63, 3.8) is 0 Å². The van der Waals surface area contributed by atoms with Crippen LogP contribution in [0.15, 0.2) is 48.5 Å². The molecule has 8 heteroatoms. The van der Waals surface area contributed by atoms with E-state index in [2.05, 4.69) is 0 Å². The standard InChI is InChI=1S/C18H15ClN2O5/c19-14-2-1-3-16(9-14)20-10-13(8-17(20)22)18(23)26-11-12-4-6-15(7-5-12)21(24)25/h1-7,9,13H,8,10-11H2. The van der Waals surface area contributed by atoms with Crippen LogP contribution < -0.4 is 4.90 Å². The summed E-state index contributed by atoms with van der Waals surface area (Å²) in [5.74, 6) is -1.19. The number of carbonyl (C=O) groups excluding carboxylic acids is 2. The lowest BCUT2D eigenvalue weighted by Gasteiger charge is -2.16. The molecule has 0 aromatic heterocycles. The van der Waals surface area contributed by atoms with E-state index in [-0.39, 0.29) is 31.2 Å². The Morgan fingerprint density at radius 1 is 1.27 bits per heavy atom. The molecule has 0 bridgehead atoms. The van der Waals surface area contributed by atoms with Gasteiger partial charge in [-0.25, -0.2) is 0 Å². The fraction of sp³-hybridized carbons (Fsp3) is 0.222. The number of non-ortho nitro benzene ring substituents is 1. The molecule has 0 radical (unpaired) electrons. The number of hydrogen-bond acceptors (Lipinski definition) is 5. The number of carbonyl (C=O) groups is 2.